The van der Waals surface area contributed by atoms with Crippen molar-refractivity contribution in [2.75, 3.05) is 6.54 Å². The van der Waals surface area contributed by atoms with E-state index in [1.54, 1.807) is 0 Å². The van der Waals surface area contributed by atoms with E-state index in [2.05, 4.69) is 4.98 Å². The quantitative estimate of drug-likeness (QED) is 0.905. The minimum absolute atomic E-state index is 0.0249. The molecule has 2 rings (SSSR count). The van der Waals surface area contributed by atoms with Crippen molar-refractivity contribution < 1.29 is 13.2 Å². The molecule has 2 N–H and O–H groups in total. The monoisotopic (exact) mass is 263 g/mol. The summed E-state index contributed by atoms with van der Waals surface area (Å²) in [6.45, 7) is 0.335. The van der Waals surface area contributed by atoms with Crippen molar-refractivity contribution in [1.82, 2.24) is 9.38 Å². The van der Waals surface area contributed by atoms with Gasteiger partial charge in [0.1, 0.15) is 0 Å². The van der Waals surface area contributed by atoms with E-state index in [-0.39, 0.29) is 5.02 Å². The van der Waals surface area contributed by atoms with E-state index in [1.165, 1.54) is 10.6 Å². The van der Waals surface area contributed by atoms with Gasteiger partial charge in [-0.15, -0.1) is 0 Å². The van der Waals surface area contributed by atoms with Crippen LogP contribution in [-0.4, -0.2) is 15.9 Å². The summed E-state index contributed by atoms with van der Waals surface area (Å²) in [4.78, 5) is 3.97. The molecule has 0 unspecified atom stereocenters. The lowest BCUT2D eigenvalue weighted by atomic mass is 10.2. The maximum Gasteiger partial charge on any atom is 0.417 e. The molecular weight excluding hydrogens is 255 g/mol. The summed E-state index contributed by atoms with van der Waals surface area (Å²) in [5.74, 6) is 0. The number of aromatic nitrogens is 2. The summed E-state index contributed by atoms with van der Waals surface area (Å²) < 4.78 is 39.1. The Bertz CT molecular complexity index is 547. The van der Waals surface area contributed by atoms with Crippen LogP contribution in [0.3, 0.4) is 0 Å². The topological polar surface area (TPSA) is 43.3 Å². The molecule has 0 fully saturated rings. The minimum atomic E-state index is -4.43. The first-order chi connectivity index (χ1) is 7.93. The van der Waals surface area contributed by atoms with Gasteiger partial charge in [0.15, 0.2) is 5.65 Å². The number of fused-ring (bicyclic) bond motifs is 1. The van der Waals surface area contributed by atoms with Crippen LogP contribution in [0.4, 0.5) is 13.2 Å². The molecule has 0 bridgehead atoms. The predicted octanol–water partition coefficient (Wildman–Crippen LogP) is 2.51. The Labute approximate surface area is 100 Å². The highest BCUT2D eigenvalue weighted by molar-refractivity contribution is 6.33. The average molecular weight is 264 g/mol. The molecule has 0 saturated carbocycles. The molecule has 0 saturated heterocycles. The second kappa shape index (κ2) is 4.19. The van der Waals surface area contributed by atoms with Gasteiger partial charge in [0.2, 0.25) is 0 Å². The van der Waals surface area contributed by atoms with E-state index < -0.39 is 11.7 Å². The SMILES string of the molecule is NCCc1cnc2c(Cl)cc(C(F)(F)F)cn12. The highest BCUT2D eigenvalue weighted by Gasteiger charge is 2.32. The molecule has 0 aliphatic heterocycles. The lowest BCUT2D eigenvalue weighted by Gasteiger charge is -2.09. The van der Waals surface area contributed by atoms with Crippen LogP contribution in [0, 0.1) is 0 Å². The first kappa shape index (κ1) is 12.2. The third-order valence-corrected chi connectivity index (χ3v) is 2.64. The van der Waals surface area contributed by atoms with Gasteiger partial charge in [0.25, 0.3) is 0 Å². The van der Waals surface area contributed by atoms with E-state index in [9.17, 15) is 13.2 Å². The number of pyridine rings is 1. The Morgan fingerprint density at radius 3 is 2.71 bits per heavy atom. The van der Waals surface area contributed by atoms with Crippen LogP contribution in [0.25, 0.3) is 5.65 Å². The Morgan fingerprint density at radius 1 is 1.41 bits per heavy atom. The summed E-state index contributed by atoms with van der Waals surface area (Å²) in [7, 11) is 0. The molecule has 2 heterocycles. The summed E-state index contributed by atoms with van der Waals surface area (Å²) in [6, 6.07) is 0.871. The van der Waals surface area contributed by atoms with Gasteiger partial charge in [-0.25, -0.2) is 4.98 Å². The molecule has 0 aromatic carbocycles. The molecule has 0 aliphatic rings. The van der Waals surface area contributed by atoms with Gasteiger partial charge in [0, 0.05) is 24.5 Å². The normalized spacial score (nSPS) is 12.3. The van der Waals surface area contributed by atoms with Gasteiger partial charge in [0.05, 0.1) is 10.6 Å². The summed E-state index contributed by atoms with van der Waals surface area (Å²) >= 11 is 5.77. The molecule has 92 valence electrons. The van der Waals surface area contributed by atoms with E-state index in [0.29, 0.717) is 24.3 Å². The van der Waals surface area contributed by atoms with Crippen molar-refractivity contribution >= 4 is 17.2 Å². The summed E-state index contributed by atoms with van der Waals surface area (Å²) in [5.41, 5.74) is 5.49. The van der Waals surface area contributed by atoms with Crippen molar-refractivity contribution in [3.8, 4) is 0 Å². The fourth-order valence-corrected chi connectivity index (χ4v) is 1.84. The van der Waals surface area contributed by atoms with Gasteiger partial charge >= 0.3 is 6.18 Å². The van der Waals surface area contributed by atoms with Crippen LogP contribution in [-0.2, 0) is 12.6 Å². The maximum absolute atomic E-state index is 12.6. The smallest absolute Gasteiger partial charge is 0.330 e. The van der Waals surface area contributed by atoms with Crippen molar-refractivity contribution in [1.29, 1.82) is 0 Å². The number of nitrogens with zero attached hydrogens (tertiary/aromatic N) is 2. The summed E-state index contributed by atoms with van der Waals surface area (Å²) in [5, 5.41) is -0.0249. The largest absolute Gasteiger partial charge is 0.417 e. The third-order valence-electron chi connectivity index (χ3n) is 2.37. The highest BCUT2D eigenvalue weighted by Crippen LogP contribution is 2.32. The first-order valence-electron chi connectivity index (χ1n) is 4.86. The van der Waals surface area contributed by atoms with Gasteiger partial charge in [-0.05, 0) is 12.6 Å². The molecule has 2 aromatic rings. The molecular formula is C10H9ClF3N3. The fourth-order valence-electron chi connectivity index (χ4n) is 1.58. The Morgan fingerprint density at radius 2 is 2.12 bits per heavy atom. The zero-order valence-electron chi connectivity index (χ0n) is 8.63. The third kappa shape index (κ3) is 2.23. The zero-order valence-corrected chi connectivity index (χ0v) is 9.39. The van der Waals surface area contributed by atoms with E-state index >= 15 is 0 Å². The highest BCUT2D eigenvalue weighted by atomic mass is 35.5. The molecule has 7 heteroatoms. The number of hydrogen-bond donors (Lipinski definition) is 1. The number of hydrogen-bond acceptors (Lipinski definition) is 2. The molecule has 0 atom stereocenters. The lowest BCUT2D eigenvalue weighted by Crippen LogP contribution is -2.09. The number of alkyl halides is 3. The molecule has 3 nitrogen and oxygen atoms in total. The molecule has 2 aromatic heterocycles. The number of rotatable bonds is 2. The fraction of sp³-hybridized carbons (Fsp3) is 0.300. The Balaban J connectivity index is 2.65. The number of nitrogens with two attached hydrogens (primary N) is 1. The van der Waals surface area contributed by atoms with E-state index in [0.717, 1.165) is 12.3 Å². The van der Waals surface area contributed by atoms with Gasteiger partial charge in [-0.1, -0.05) is 11.6 Å². The van der Waals surface area contributed by atoms with Crippen LogP contribution < -0.4 is 5.73 Å². The van der Waals surface area contributed by atoms with Crippen LogP contribution in [0.1, 0.15) is 11.3 Å². The predicted molar refractivity (Wildman–Crippen MR) is 58.0 cm³/mol. The number of halogens is 4. The van der Waals surface area contributed by atoms with Crippen LogP contribution in [0.2, 0.25) is 5.02 Å². The van der Waals surface area contributed by atoms with Crippen LogP contribution >= 0.6 is 11.6 Å². The Hall–Kier alpha value is -1.27. The molecule has 0 amide bonds. The second-order valence-electron chi connectivity index (χ2n) is 3.56. The zero-order chi connectivity index (χ0) is 12.6. The summed E-state index contributed by atoms with van der Waals surface area (Å²) in [6.07, 6.45) is -1.52. The van der Waals surface area contributed by atoms with E-state index in [4.69, 9.17) is 17.3 Å². The lowest BCUT2D eigenvalue weighted by molar-refractivity contribution is -0.137. The Kier molecular flexibility index (Phi) is 3.01. The molecule has 0 aliphatic carbocycles. The maximum atomic E-state index is 12.6. The standard InChI is InChI=1S/C10H9ClF3N3/c11-8-3-6(10(12,13)14)5-17-7(1-2-15)4-16-9(8)17/h3-5H,1-2,15H2. The van der Waals surface area contributed by atoms with Crippen LogP contribution in [0.15, 0.2) is 18.5 Å². The second-order valence-corrected chi connectivity index (χ2v) is 3.96. The van der Waals surface area contributed by atoms with Gasteiger partial charge in [-0.3, -0.25) is 0 Å². The van der Waals surface area contributed by atoms with Crippen molar-refractivity contribution in [3.63, 3.8) is 0 Å². The molecule has 0 spiro atoms. The first-order valence-corrected chi connectivity index (χ1v) is 5.24. The van der Waals surface area contributed by atoms with Crippen molar-refractivity contribution in [2.24, 2.45) is 5.73 Å². The van der Waals surface area contributed by atoms with Gasteiger partial charge < -0.3 is 10.1 Å². The average Bonchev–Trinajstić information content (AvgIpc) is 2.61. The molecule has 17 heavy (non-hydrogen) atoms. The van der Waals surface area contributed by atoms with Crippen molar-refractivity contribution in [2.45, 2.75) is 12.6 Å². The number of imidazole rings is 1. The van der Waals surface area contributed by atoms with Crippen LogP contribution in [0.5, 0.6) is 0 Å². The molecule has 0 radical (unpaired) electrons. The van der Waals surface area contributed by atoms with Crippen molar-refractivity contribution in [3.05, 3.63) is 34.7 Å². The minimum Gasteiger partial charge on any atom is -0.330 e. The van der Waals surface area contributed by atoms with Gasteiger partial charge in [-0.2, -0.15) is 13.2 Å². The van der Waals surface area contributed by atoms with E-state index in [1.807, 2.05) is 0 Å².